The molecule has 0 saturated carbocycles. The van der Waals surface area contributed by atoms with E-state index >= 15 is 0 Å². The van der Waals surface area contributed by atoms with Crippen molar-refractivity contribution in [1.29, 1.82) is 0 Å². The molecule has 0 amide bonds. The molecule has 234 valence electrons. The van der Waals surface area contributed by atoms with Gasteiger partial charge >= 0.3 is 0 Å². The molecular weight excluding hydrogens is 603 g/mol. The molecule has 5 heteroatoms. The molecule has 6 aromatic carbocycles. The van der Waals surface area contributed by atoms with E-state index in [1.54, 1.807) is 6.20 Å². The van der Waals surface area contributed by atoms with Gasteiger partial charge in [-0.15, -0.1) is 0 Å². The van der Waals surface area contributed by atoms with Gasteiger partial charge in [0.15, 0.2) is 0 Å². The number of rotatable bonds is 9. The number of aromatic nitrogens is 3. The number of imidazole rings is 1. The summed E-state index contributed by atoms with van der Waals surface area (Å²) in [7, 11) is 0. The van der Waals surface area contributed by atoms with Crippen molar-refractivity contribution in [1.82, 2.24) is 15.0 Å². The second kappa shape index (κ2) is 13.6. The van der Waals surface area contributed by atoms with Gasteiger partial charge in [-0.05, 0) is 69.8 Å². The first kappa shape index (κ1) is 29.7. The molecule has 2 heterocycles. The molecule has 0 aliphatic rings. The van der Waals surface area contributed by atoms with Crippen molar-refractivity contribution in [2.45, 2.75) is 0 Å². The van der Waals surface area contributed by atoms with E-state index in [1.807, 2.05) is 91.1 Å². The number of benzene rings is 6. The molecule has 0 fully saturated rings. The highest BCUT2D eigenvalue weighted by Gasteiger charge is 2.19. The van der Waals surface area contributed by atoms with Gasteiger partial charge in [0.05, 0.1) is 11.9 Å². The lowest BCUT2D eigenvalue weighted by Crippen LogP contribution is -1.92. The van der Waals surface area contributed by atoms with Crippen molar-refractivity contribution in [2.24, 2.45) is 0 Å². The maximum Gasteiger partial charge on any atom is 0.219 e. The maximum atomic E-state index is 6.41. The molecule has 0 aliphatic heterocycles. The summed E-state index contributed by atoms with van der Waals surface area (Å²) in [6.07, 6.45) is 3.64. The predicted molar refractivity (Wildman–Crippen MR) is 197 cm³/mol. The maximum absolute atomic E-state index is 6.41. The molecule has 8 rings (SSSR count). The van der Waals surface area contributed by atoms with Crippen LogP contribution in [0.2, 0.25) is 0 Å². The van der Waals surface area contributed by atoms with Gasteiger partial charge in [0.2, 0.25) is 5.88 Å². The Balaban J connectivity index is 1.21. The van der Waals surface area contributed by atoms with Gasteiger partial charge in [-0.3, -0.25) is 0 Å². The minimum atomic E-state index is 0.520. The topological polar surface area (TPSA) is 60.0 Å². The van der Waals surface area contributed by atoms with E-state index < -0.39 is 0 Å². The minimum absolute atomic E-state index is 0.520. The monoisotopic (exact) mass is 633 g/mol. The number of hydrogen-bond acceptors (Lipinski definition) is 4. The molecule has 0 saturated heterocycles. The Bertz CT molecular complexity index is 2260. The van der Waals surface area contributed by atoms with Gasteiger partial charge in [-0.1, -0.05) is 121 Å². The summed E-state index contributed by atoms with van der Waals surface area (Å²) in [4.78, 5) is 13.0. The van der Waals surface area contributed by atoms with Crippen LogP contribution in [0.3, 0.4) is 0 Å². The van der Waals surface area contributed by atoms with Gasteiger partial charge < -0.3 is 14.5 Å². The average Bonchev–Trinajstić information content (AvgIpc) is 3.66. The van der Waals surface area contributed by atoms with Crippen LogP contribution in [-0.2, 0) is 0 Å². The zero-order valence-corrected chi connectivity index (χ0v) is 26.5. The van der Waals surface area contributed by atoms with E-state index in [0.717, 1.165) is 56.0 Å². The van der Waals surface area contributed by atoms with Gasteiger partial charge in [0.25, 0.3) is 0 Å². The Morgan fingerprint density at radius 2 is 0.980 bits per heavy atom. The molecule has 0 unspecified atom stereocenters. The fourth-order valence-electron chi connectivity index (χ4n) is 6.06. The number of pyridine rings is 1. The van der Waals surface area contributed by atoms with E-state index in [4.69, 9.17) is 14.5 Å². The van der Waals surface area contributed by atoms with E-state index in [-0.39, 0.29) is 0 Å². The Kier molecular flexibility index (Phi) is 8.21. The van der Waals surface area contributed by atoms with Gasteiger partial charge in [-0.25, -0.2) is 9.97 Å². The number of aromatic amines is 1. The average molecular weight is 634 g/mol. The van der Waals surface area contributed by atoms with Crippen LogP contribution < -0.4 is 9.47 Å². The number of nitrogens with zero attached hydrogens (tertiary/aromatic N) is 2. The summed E-state index contributed by atoms with van der Waals surface area (Å²) < 4.78 is 12.4. The third kappa shape index (κ3) is 6.46. The quantitative estimate of drug-likeness (QED) is 0.172. The predicted octanol–water partition coefficient (Wildman–Crippen LogP) is 11.7. The van der Waals surface area contributed by atoms with Gasteiger partial charge in [-0.2, -0.15) is 0 Å². The van der Waals surface area contributed by atoms with Crippen molar-refractivity contribution in [3.05, 3.63) is 182 Å². The van der Waals surface area contributed by atoms with Crippen LogP contribution in [0, 0.1) is 0 Å². The van der Waals surface area contributed by atoms with E-state index in [1.165, 1.54) is 0 Å². The highest BCUT2D eigenvalue weighted by Crippen LogP contribution is 2.41. The normalized spacial score (nSPS) is 10.9. The molecule has 5 nitrogen and oxygen atoms in total. The molecule has 0 aliphatic carbocycles. The summed E-state index contributed by atoms with van der Waals surface area (Å²) in [6, 6.07) is 57.0. The molecular formula is C44H31N3O2. The molecule has 0 spiro atoms. The molecule has 0 radical (unpaired) electrons. The summed E-state index contributed by atoms with van der Waals surface area (Å²) in [5.41, 5.74) is 9.62. The van der Waals surface area contributed by atoms with E-state index in [2.05, 4.69) is 94.9 Å². The van der Waals surface area contributed by atoms with E-state index in [0.29, 0.717) is 23.1 Å². The first-order valence-electron chi connectivity index (χ1n) is 16.1. The smallest absolute Gasteiger partial charge is 0.219 e. The zero-order valence-electron chi connectivity index (χ0n) is 26.5. The molecule has 49 heavy (non-hydrogen) atoms. The summed E-state index contributed by atoms with van der Waals surface area (Å²) in [5.74, 6) is 3.23. The van der Waals surface area contributed by atoms with Gasteiger partial charge in [0.1, 0.15) is 23.1 Å². The van der Waals surface area contributed by atoms with Crippen molar-refractivity contribution in [3.8, 4) is 79.2 Å². The SMILES string of the molecule is c1ccc(-c2ccc(Oc3cccc(Oc4ccccn4)c3)cc2-c2ncc(-c3c(-c4ccccc4)cccc3-c3ccccc3)[nH]2)cc1. The molecule has 1 N–H and O–H groups in total. The molecule has 0 atom stereocenters. The third-order valence-corrected chi connectivity index (χ3v) is 8.31. The fourth-order valence-corrected chi connectivity index (χ4v) is 6.06. The lowest BCUT2D eigenvalue weighted by Gasteiger charge is -2.15. The first-order chi connectivity index (χ1) is 24.3. The van der Waals surface area contributed by atoms with Crippen LogP contribution in [0.15, 0.2) is 182 Å². The Labute approximate surface area is 285 Å². The van der Waals surface area contributed by atoms with Crippen LogP contribution in [-0.4, -0.2) is 15.0 Å². The lowest BCUT2D eigenvalue weighted by molar-refractivity contribution is 0.449. The Morgan fingerprint density at radius 3 is 1.61 bits per heavy atom. The number of ether oxygens (including phenoxy) is 2. The van der Waals surface area contributed by atoms with Gasteiger partial charge in [0, 0.05) is 29.5 Å². The largest absolute Gasteiger partial charge is 0.457 e. The van der Waals surface area contributed by atoms with Crippen LogP contribution in [0.4, 0.5) is 0 Å². The van der Waals surface area contributed by atoms with Crippen LogP contribution in [0.5, 0.6) is 23.1 Å². The standard InChI is InChI=1S/C44H31N3O2/c1-4-14-31(15-5-1)37-26-25-36(48-34-20-12-21-35(28-34)49-42-24-10-11-27-45-42)29-40(37)44-46-30-41(47-44)43-38(32-16-6-2-7-17-32)22-13-23-39(43)33-18-8-3-9-19-33/h1-30H,(H,46,47). The second-order valence-electron chi connectivity index (χ2n) is 11.5. The lowest BCUT2D eigenvalue weighted by atomic mass is 9.90. The highest BCUT2D eigenvalue weighted by molar-refractivity contribution is 5.94. The second-order valence-corrected chi connectivity index (χ2v) is 11.5. The number of nitrogens with one attached hydrogen (secondary N) is 1. The van der Waals surface area contributed by atoms with Crippen LogP contribution >= 0.6 is 0 Å². The van der Waals surface area contributed by atoms with Crippen LogP contribution in [0.25, 0.3) is 56.0 Å². The number of hydrogen-bond donors (Lipinski definition) is 1. The minimum Gasteiger partial charge on any atom is -0.457 e. The van der Waals surface area contributed by atoms with Crippen molar-refractivity contribution in [3.63, 3.8) is 0 Å². The zero-order chi connectivity index (χ0) is 32.8. The molecule has 8 aromatic rings. The van der Waals surface area contributed by atoms with Crippen molar-refractivity contribution < 1.29 is 9.47 Å². The highest BCUT2D eigenvalue weighted by atomic mass is 16.5. The Morgan fingerprint density at radius 1 is 0.408 bits per heavy atom. The molecule has 0 bridgehead atoms. The fraction of sp³-hybridized carbons (Fsp3) is 0. The van der Waals surface area contributed by atoms with Crippen LogP contribution in [0.1, 0.15) is 0 Å². The summed E-state index contributed by atoms with van der Waals surface area (Å²) in [5, 5.41) is 0. The third-order valence-electron chi connectivity index (χ3n) is 8.31. The summed E-state index contributed by atoms with van der Waals surface area (Å²) in [6.45, 7) is 0. The number of H-pyrrole nitrogens is 1. The first-order valence-corrected chi connectivity index (χ1v) is 16.1. The summed E-state index contributed by atoms with van der Waals surface area (Å²) >= 11 is 0. The Hall–Kier alpha value is -6.72. The van der Waals surface area contributed by atoms with Crippen molar-refractivity contribution >= 4 is 0 Å². The van der Waals surface area contributed by atoms with E-state index in [9.17, 15) is 0 Å². The van der Waals surface area contributed by atoms with Crippen molar-refractivity contribution in [2.75, 3.05) is 0 Å². The molecule has 2 aromatic heterocycles.